The molecule has 0 atom stereocenters. The van der Waals surface area contributed by atoms with Gasteiger partial charge in [0.1, 0.15) is 5.76 Å². The Morgan fingerprint density at radius 3 is 2.56 bits per heavy atom. The zero-order valence-corrected chi connectivity index (χ0v) is 17.3. The van der Waals surface area contributed by atoms with Gasteiger partial charge in [0, 0.05) is 11.1 Å². The van der Waals surface area contributed by atoms with E-state index in [-0.39, 0.29) is 11.4 Å². The molecule has 1 aromatic carbocycles. The molecule has 0 saturated heterocycles. The lowest BCUT2D eigenvalue weighted by Crippen LogP contribution is -2.19. The van der Waals surface area contributed by atoms with Crippen LogP contribution >= 0.6 is 23.1 Å². The number of amides is 2. The van der Waals surface area contributed by atoms with Crippen molar-refractivity contribution in [2.75, 3.05) is 10.6 Å². The largest absolute Gasteiger partial charge is 0.444 e. The minimum atomic E-state index is -0.313. The summed E-state index contributed by atoms with van der Waals surface area (Å²) in [6.45, 7) is 8.27. The van der Waals surface area contributed by atoms with Crippen LogP contribution in [0.4, 0.5) is 15.6 Å². The molecule has 0 spiro atoms. The highest BCUT2D eigenvalue weighted by Crippen LogP contribution is 2.31. The molecule has 6 nitrogen and oxygen atoms in total. The Balaban J connectivity index is 1.51. The number of hydrogen-bond donors (Lipinski definition) is 2. The van der Waals surface area contributed by atoms with Gasteiger partial charge >= 0.3 is 6.03 Å². The number of aryl methyl sites for hydroxylation is 1. The van der Waals surface area contributed by atoms with Gasteiger partial charge in [-0.05, 0) is 19.1 Å². The second kappa shape index (κ2) is 8.14. The van der Waals surface area contributed by atoms with Crippen LogP contribution in [0, 0.1) is 6.92 Å². The summed E-state index contributed by atoms with van der Waals surface area (Å²) in [5.41, 5.74) is 1.83. The van der Waals surface area contributed by atoms with Crippen LogP contribution < -0.4 is 10.6 Å². The minimum absolute atomic E-state index is 0.0533. The molecule has 2 aromatic heterocycles. The van der Waals surface area contributed by atoms with E-state index in [4.69, 9.17) is 4.42 Å². The van der Waals surface area contributed by atoms with E-state index in [1.54, 1.807) is 24.2 Å². The molecule has 2 N–H and O–H groups in total. The number of nitrogens with one attached hydrogen (secondary N) is 2. The molecule has 0 saturated carbocycles. The lowest BCUT2D eigenvalue weighted by molar-refractivity contribution is 0.262. The van der Waals surface area contributed by atoms with Crippen LogP contribution in [0.1, 0.15) is 38.0 Å². The summed E-state index contributed by atoms with van der Waals surface area (Å²) < 4.78 is 6.77. The Labute approximate surface area is 166 Å². The van der Waals surface area contributed by atoms with Crippen molar-refractivity contribution in [2.24, 2.45) is 0 Å². The molecule has 0 unspecified atom stereocenters. The molecule has 0 bridgehead atoms. The first-order valence-electron chi connectivity index (χ1n) is 8.48. The summed E-state index contributed by atoms with van der Waals surface area (Å²) in [6, 6.07) is 7.30. The van der Waals surface area contributed by atoms with Gasteiger partial charge in [0.15, 0.2) is 5.13 Å². The molecule has 27 heavy (non-hydrogen) atoms. The SMILES string of the molecule is Cc1ccc(NC(=O)Nc2ncc(SCc3ncc(C(C)(C)C)o3)s2)cc1. The maximum atomic E-state index is 12.1. The van der Waals surface area contributed by atoms with Gasteiger partial charge in [-0.3, -0.25) is 5.32 Å². The van der Waals surface area contributed by atoms with Gasteiger partial charge in [0.2, 0.25) is 5.89 Å². The number of anilines is 2. The molecule has 2 amide bonds. The fourth-order valence-corrected chi connectivity index (χ4v) is 3.86. The summed E-state index contributed by atoms with van der Waals surface area (Å²) in [5.74, 6) is 2.18. The number of nitrogens with zero attached hydrogens (tertiary/aromatic N) is 2. The van der Waals surface area contributed by atoms with E-state index < -0.39 is 0 Å². The summed E-state index contributed by atoms with van der Waals surface area (Å²) >= 11 is 3.00. The second-order valence-electron chi connectivity index (χ2n) is 7.09. The van der Waals surface area contributed by atoms with Gasteiger partial charge in [-0.15, -0.1) is 11.8 Å². The van der Waals surface area contributed by atoms with E-state index in [1.165, 1.54) is 11.3 Å². The maximum Gasteiger partial charge on any atom is 0.325 e. The molecule has 8 heteroatoms. The number of hydrogen-bond acceptors (Lipinski definition) is 6. The Hall–Kier alpha value is -2.32. The second-order valence-corrected chi connectivity index (χ2v) is 9.39. The summed E-state index contributed by atoms with van der Waals surface area (Å²) in [4.78, 5) is 20.6. The van der Waals surface area contributed by atoms with E-state index in [0.29, 0.717) is 16.8 Å². The molecular weight excluding hydrogens is 380 g/mol. The van der Waals surface area contributed by atoms with E-state index in [0.717, 1.165) is 21.2 Å². The van der Waals surface area contributed by atoms with E-state index >= 15 is 0 Å². The Morgan fingerprint density at radius 2 is 1.89 bits per heavy atom. The molecule has 2 heterocycles. The average molecular weight is 403 g/mol. The number of urea groups is 1. The maximum absolute atomic E-state index is 12.1. The molecule has 142 valence electrons. The van der Waals surface area contributed by atoms with Crippen molar-refractivity contribution < 1.29 is 9.21 Å². The van der Waals surface area contributed by atoms with Crippen LogP contribution in [0.25, 0.3) is 0 Å². The summed E-state index contributed by atoms with van der Waals surface area (Å²) in [7, 11) is 0. The molecule has 0 radical (unpaired) electrons. The number of thioether (sulfide) groups is 1. The van der Waals surface area contributed by atoms with Crippen LogP contribution in [-0.2, 0) is 11.2 Å². The number of carbonyl (C=O) groups excluding carboxylic acids is 1. The molecule has 3 aromatic rings. The predicted molar refractivity (Wildman–Crippen MR) is 111 cm³/mol. The summed E-state index contributed by atoms with van der Waals surface area (Å²) in [5, 5.41) is 6.09. The van der Waals surface area contributed by atoms with Crippen LogP contribution in [0.5, 0.6) is 0 Å². The van der Waals surface area contributed by atoms with Crippen LogP contribution in [0.3, 0.4) is 0 Å². The number of aromatic nitrogens is 2. The number of rotatable bonds is 5. The van der Waals surface area contributed by atoms with Crippen molar-refractivity contribution in [3.05, 3.63) is 53.9 Å². The molecule has 3 rings (SSSR count). The van der Waals surface area contributed by atoms with Crippen molar-refractivity contribution in [3.8, 4) is 0 Å². The third-order valence-corrected chi connectivity index (χ3v) is 5.74. The Kier molecular flexibility index (Phi) is 5.86. The standard InChI is InChI=1S/C19H22N4O2S2/c1-12-5-7-13(8-6-12)22-17(24)23-18-21-10-16(27-18)26-11-15-20-9-14(25-15)19(2,3)4/h5-10H,11H2,1-4H3,(H2,21,22,23,24). The van der Waals surface area contributed by atoms with Crippen LogP contribution in [-0.4, -0.2) is 16.0 Å². The van der Waals surface area contributed by atoms with Crippen LogP contribution in [0.15, 0.2) is 45.3 Å². The smallest absolute Gasteiger partial charge is 0.325 e. The Bertz CT molecular complexity index is 910. The third kappa shape index (κ3) is 5.58. The molecular formula is C19H22N4O2S2. The van der Waals surface area contributed by atoms with Crippen molar-refractivity contribution in [1.29, 1.82) is 0 Å². The quantitative estimate of drug-likeness (QED) is 0.537. The number of carbonyl (C=O) groups is 1. The summed E-state index contributed by atoms with van der Waals surface area (Å²) in [6.07, 6.45) is 3.52. The van der Waals surface area contributed by atoms with Crippen molar-refractivity contribution in [1.82, 2.24) is 9.97 Å². The molecule has 0 fully saturated rings. The van der Waals surface area contributed by atoms with Gasteiger partial charge < -0.3 is 9.73 Å². The van der Waals surface area contributed by atoms with Crippen molar-refractivity contribution in [2.45, 2.75) is 43.1 Å². The highest BCUT2D eigenvalue weighted by Gasteiger charge is 2.19. The first kappa shape index (κ1) is 19.4. The Morgan fingerprint density at radius 1 is 1.15 bits per heavy atom. The average Bonchev–Trinajstić information content (AvgIpc) is 3.24. The first-order valence-corrected chi connectivity index (χ1v) is 10.3. The number of benzene rings is 1. The predicted octanol–water partition coefficient (Wildman–Crippen LogP) is 5.67. The number of thiazole rings is 1. The third-order valence-electron chi connectivity index (χ3n) is 3.65. The van der Waals surface area contributed by atoms with E-state index in [9.17, 15) is 4.79 Å². The fraction of sp³-hybridized carbons (Fsp3) is 0.316. The zero-order chi connectivity index (χ0) is 19.4. The van der Waals surface area contributed by atoms with Gasteiger partial charge in [-0.25, -0.2) is 14.8 Å². The highest BCUT2D eigenvalue weighted by atomic mass is 32.2. The molecule has 0 aliphatic carbocycles. The number of oxazole rings is 1. The molecule has 0 aliphatic rings. The van der Waals surface area contributed by atoms with Gasteiger partial charge in [0.05, 0.1) is 22.4 Å². The van der Waals surface area contributed by atoms with Gasteiger partial charge in [0.25, 0.3) is 0 Å². The van der Waals surface area contributed by atoms with Crippen molar-refractivity contribution in [3.63, 3.8) is 0 Å². The highest BCUT2D eigenvalue weighted by molar-refractivity contribution is 8.00. The lowest BCUT2D eigenvalue weighted by atomic mass is 9.94. The topological polar surface area (TPSA) is 80.0 Å². The van der Waals surface area contributed by atoms with Crippen LogP contribution in [0.2, 0.25) is 0 Å². The zero-order valence-electron chi connectivity index (χ0n) is 15.7. The van der Waals surface area contributed by atoms with Crippen molar-refractivity contribution >= 4 is 39.9 Å². The first-order chi connectivity index (χ1) is 12.8. The lowest BCUT2D eigenvalue weighted by Gasteiger charge is -2.12. The van der Waals surface area contributed by atoms with E-state index in [1.807, 2.05) is 31.2 Å². The monoisotopic (exact) mass is 402 g/mol. The van der Waals surface area contributed by atoms with Gasteiger partial charge in [-0.1, -0.05) is 49.8 Å². The molecule has 0 aliphatic heterocycles. The van der Waals surface area contributed by atoms with E-state index in [2.05, 4.69) is 41.4 Å². The fourth-order valence-electron chi connectivity index (χ4n) is 2.14. The normalized spacial score (nSPS) is 11.4. The van der Waals surface area contributed by atoms with Gasteiger partial charge in [-0.2, -0.15) is 0 Å². The minimum Gasteiger partial charge on any atom is -0.444 e.